The number of carbonyl (C=O) groups is 1. The standard InChI is InChI=1S/C14H19NO2/c1-2-14(16)11-3-5-12(6-4-11)17-13-7-9-15-10-8-13/h3-6,13,15H,2,7-10H2,1H3. The van der Waals surface area contributed by atoms with Crippen molar-refractivity contribution in [1.29, 1.82) is 0 Å². The normalized spacial score (nSPS) is 16.8. The van der Waals surface area contributed by atoms with Crippen molar-refractivity contribution in [2.75, 3.05) is 13.1 Å². The molecule has 0 unspecified atom stereocenters. The molecule has 3 heteroatoms. The molecule has 1 aromatic rings. The van der Waals surface area contributed by atoms with Gasteiger partial charge in [0.2, 0.25) is 0 Å². The van der Waals surface area contributed by atoms with Gasteiger partial charge in [-0.3, -0.25) is 4.79 Å². The summed E-state index contributed by atoms with van der Waals surface area (Å²) in [4.78, 5) is 11.5. The first-order chi connectivity index (χ1) is 8.29. The summed E-state index contributed by atoms with van der Waals surface area (Å²) in [6, 6.07) is 7.49. The molecule has 0 saturated carbocycles. The maximum absolute atomic E-state index is 11.5. The highest BCUT2D eigenvalue weighted by atomic mass is 16.5. The Morgan fingerprint density at radius 3 is 2.53 bits per heavy atom. The second-order valence-corrected chi connectivity index (χ2v) is 4.37. The Hall–Kier alpha value is -1.35. The zero-order valence-corrected chi connectivity index (χ0v) is 10.2. The highest BCUT2D eigenvalue weighted by Gasteiger charge is 2.14. The number of piperidine rings is 1. The summed E-state index contributed by atoms with van der Waals surface area (Å²) in [7, 11) is 0. The van der Waals surface area contributed by atoms with Crippen LogP contribution in [0.4, 0.5) is 0 Å². The van der Waals surface area contributed by atoms with Crippen molar-refractivity contribution in [2.24, 2.45) is 0 Å². The minimum Gasteiger partial charge on any atom is -0.490 e. The fourth-order valence-corrected chi connectivity index (χ4v) is 2.03. The maximum Gasteiger partial charge on any atom is 0.162 e. The molecule has 0 spiro atoms. The van der Waals surface area contributed by atoms with E-state index in [1.165, 1.54) is 0 Å². The zero-order chi connectivity index (χ0) is 12.1. The van der Waals surface area contributed by atoms with Gasteiger partial charge in [-0.2, -0.15) is 0 Å². The molecule has 17 heavy (non-hydrogen) atoms. The lowest BCUT2D eigenvalue weighted by molar-refractivity contribution is 0.0988. The molecule has 0 aromatic heterocycles. The van der Waals surface area contributed by atoms with Crippen LogP contribution in [0.15, 0.2) is 24.3 Å². The van der Waals surface area contributed by atoms with Crippen LogP contribution in [0.25, 0.3) is 0 Å². The van der Waals surface area contributed by atoms with Crippen LogP contribution in [0.3, 0.4) is 0 Å². The molecule has 0 aliphatic carbocycles. The van der Waals surface area contributed by atoms with E-state index in [2.05, 4.69) is 5.32 Å². The van der Waals surface area contributed by atoms with Crippen LogP contribution in [-0.2, 0) is 0 Å². The van der Waals surface area contributed by atoms with Crippen LogP contribution < -0.4 is 10.1 Å². The van der Waals surface area contributed by atoms with Gasteiger partial charge < -0.3 is 10.1 Å². The smallest absolute Gasteiger partial charge is 0.162 e. The molecule has 2 rings (SSSR count). The van der Waals surface area contributed by atoms with E-state index in [9.17, 15) is 4.79 Å². The number of hydrogen-bond donors (Lipinski definition) is 1. The zero-order valence-electron chi connectivity index (χ0n) is 10.2. The van der Waals surface area contributed by atoms with Crippen LogP contribution in [0.5, 0.6) is 5.75 Å². The monoisotopic (exact) mass is 233 g/mol. The topological polar surface area (TPSA) is 38.3 Å². The molecule has 1 aliphatic rings. The van der Waals surface area contributed by atoms with Gasteiger partial charge in [0.1, 0.15) is 11.9 Å². The summed E-state index contributed by atoms with van der Waals surface area (Å²) in [5.41, 5.74) is 0.769. The molecule has 3 nitrogen and oxygen atoms in total. The lowest BCUT2D eigenvalue weighted by Crippen LogP contribution is -2.34. The second-order valence-electron chi connectivity index (χ2n) is 4.37. The average molecular weight is 233 g/mol. The number of benzene rings is 1. The molecular weight excluding hydrogens is 214 g/mol. The second kappa shape index (κ2) is 5.82. The number of rotatable bonds is 4. The Morgan fingerprint density at radius 1 is 1.29 bits per heavy atom. The van der Waals surface area contributed by atoms with Crippen molar-refractivity contribution in [3.8, 4) is 5.75 Å². The molecule has 1 saturated heterocycles. The Balaban J connectivity index is 1.95. The Bertz CT molecular complexity index is 366. The molecule has 0 atom stereocenters. The van der Waals surface area contributed by atoms with Crippen molar-refractivity contribution in [3.05, 3.63) is 29.8 Å². The van der Waals surface area contributed by atoms with E-state index in [1.807, 2.05) is 31.2 Å². The van der Waals surface area contributed by atoms with Gasteiger partial charge in [0, 0.05) is 12.0 Å². The molecule has 1 aliphatic heterocycles. The van der Waals surface area contributed by atoms with Gasteiger partial charge in [0.15, 0.2) is 5.78 Å². The van der Waals surface area contributed by atoms with Gasteiger partial charge in [0.25, 0.3) is 0 Å². The number of ketones is 1. The SMILES string of the molecule is CCC(=O)c1ccc(OC2CCNCC2)cc1. The van der Waals surface area contributed by atoms with E-state index in [-0.39, 0.29) is 5.78 Å². The minimum absolute atomic E-state index is 0.179. The van der Waals surface area contributed by atoms with E-state index in [4.69, 9.17) is 4.74 Å². The van der Waals surface area contributed by atoms with E-state index < -0.39 is 0 Å². The fourth-order valence-electron chi connectivity index (χ4n) is 2.03. The van der Waals surface area contributed by atoms with Crippen LogP contribution in [0.1, 0.15) is 36.5 Å². The van der Waals surface area contributed by atoms with Gasteiger partial charge in [-0.25, -0.2) is 0 Å². The number of nitrogens with one attached hydrogen (secondary N) is 1. The lowest BCUT2D eigenvalue weighted by atomic mass is 10.1. The Morgan fingerprint density at radius 2 is 1.94 bits per heavy atom. The first-order valence-corrected chi connectivity index (χ1v) is 6.30. The van der Waals surface area contributed by atoms with Crippen molar-refractivity contribution < 1.29 is 9.53 Å². The van der Waals surface area contributed by atoms with E-state index in [0.717, 1.165) is 37.2 Å². The van der Waals surface area contributed by atoms with E-state index >= 15 is 0 Å². The molecule has 1 fully saturated rings. The maximum atomic E-state index is 11.5. The highest BCUT2D eigenvalue weighted by Crippen LogP contribution is 2.18. The van der Waals surface area contributed by atoms with Crippen molar-refractivity contribution in [1.82, 2.24) is 5.32 Å². The van der Waals surface area contributed by atoms with E-state index in [1.54, 1.807) is 0 Å². The van der Waals surface area contributed by atoms with Crippen LogP contribution in [0, 0.1) is 0 Å². The third-order valence-electron chi connectivity index (χ3n) is 3.09. The third kappa shape index (κ3) is 3.30. The van der Waals surface area contributed by atoms with Crippen LogP contribution in [-0.4, -0.2) is 25.0 Å². The van der Waals surface area contributed by atoms with Crippen molar-refractivity contribution in [3.63, 3.8) is 0 Å². The molecule has 0 amide bonds. The summed E-state index contributed by atoms with van der Waals surface area (Å²) in [6.07, 6.45) is 2.96. The van der Waals surface area contributed by atoms with Crippen molar-refractivity contribution >= 4 is 5.78 Å². The Kier molecular flexibility index (Phi) is 4.15. The molecular formula is C14H19NO2. The third-order valence-corrected chi connectivity index (χ3v) is 3.09. The molecule has 1 heterocycles. The summed E-state index contributed by atoms with van der Waals surface area (Å²) >= 11 is 0. The highest BCUT2D eigenvalue weighted by molar-refractivity contribution is 5.95. The fraction of sp³-hybridized carbons (Fsp3) is 0.500. The van der Waals surface area contributed by atoms with Gasteiger partial charge in [-0.15, -0.1) is 0 Å². The number of ether oxygens (including phenoxy) is 1. The number of hydrogen-bond acceptors (Lipinski definition) is 3. The minimum atomic E-state index is 0.179. The van der Waals surface area contributed by atoms with Gasteiger partial charge in [-0.1, -0.05) is 6.92 Å². The molecule has 1 aromatic carbocycles. The van der Waals surface area contributed by atoms with Gasteiger partial charge in [0.05, 0.1) is 0 Å². The average Bonchev–Trinajstić information content (AvgIpc) is 2.40. The summed E-state index contributed by atoms with van der Waals surface area (Å²) in [6.45, 7) is 3.93. The van der Waals surface area contributed by atoms with Crippen molar-refractivity contribution in [2.45, 2.75) is 32.3 Å². The predicted octanol–water partition coefficient (Wildman–Crippen LogP) is 2.41. The van der Waals surface area contributed by atoms with Gasteiger partial charge >= 0.3 is 0 Å². The summed E-state index contributed by atoms with van der Waals surface area (Å²) in [5, 5.41) is 3.31. The summed E-state index contributed by atoms with van der Waals surface area (Å²) in [5.74, 6) is 1.04. The molecule has 1 N–H and O–H groups in total. The van der Waals surface area contributed by atoms with Crippen LogP contribution >= 0.6 is 0 Å². The molecule has 0 radical (unpaired) electrons. The first-order valence-electron chi connectivity index (χ1n) is 6.30. The lowest BCUT2D eigenvalue weighted by Gasteiger charge is -2.23. The number of Topliss-reactive ketones (excluding diaryl/α,β-unsaturated/α-hetero) is 1. The quantitative estimate of drug-likeness (QED) is 0.812. The molecule has 0 bridgehead atoms. The van der Waals surface area contributed by atoms with Crippen LogP contribution in [0.2, 0.25) is 0 Å². The number of carbonyl (C=O) groups excluding carboxylic acids is 1. The predicted molar refractivity (Wildman–Crippen MR) is 67.6 cm³/mol. The Labute approximate surface area is 102 Å². The largest absolute Gasteiger partial charge is 0.490 e. The summed E-state index contributed by atoms with van der Waals surface area (Å²) < 4.78 is 5.87. The molecule has 92 valence electrons. The van der Waals surface area contributed by atoms with Gasteiger partial charge in [-0.05, 0) is 50.2 Å². The van der Waals surface area contributed by atoms with E-state index in [0.29, 0.717) is 12.5 Å². The first kappa shape index (κ1) is 12.1.